The number of amides is 1. The minimum absolute atomic E-state index is 0.00815. The Hall–Kier alpha value is -2.04. The van der Waals surface area contributed by atoms with E-state index in [0.29, 0.717) is 23.5 Å². The quantitative estimate of drug-likeness (QED) is 0.319. The average Bonchev–Trinajstić information content (AvgIpc) is 3.15. The summed E-state index contributed by atoms with van der Waals surface area (Å²) in [7, 11) is 0. The van der Waals surface area contributed by atoms with Crippen LogP contribution < -0.4 is 0 Å². The summed E-state index contributed by atoms with van der Waals surface area (Å²) in [5.74, 6) is 0.422. The van der Waals surface area contributed by atoms with Gasteiger partial charge in [0.2, 0.25) is 0 Å². The Morgan fingerprint density at radius 3 is 2.26 bits per heavy atom. The molecule has 0 spiro atoms. The van der Waals surface area contributed by atoms with Crippen molar-refractivity contribution in [2.45, 2.75) is 118 Å². The van der Waals surface area contributed by atoms with Crippen molar-refractivity contribution in [3.63, 3.8) is 0 Å². The number of esters is 1. The van der Waals surface area contributed by atoms with Gasteiger partial charge in [0.25, 0.3) is 0 Å². The summed E-state index contributed by atoms with van der Waals surface area (Å²) in [6, 6.07) is 6.03. The number of nitrogens with zero attached hydrogens (tertiary/aromatic N) is 1. The van der Waals surface area contributed by atoms with Crippen molar-refractivity contribution in [1.82, 2.24) is 4.90 Å². The van der Waals surface area contributed by atoms with E-state index < -0.39 is 5.60 Å². The number of carbonyl (C=O) groups excluding carboxylic acids is 2. The summed E-state index contributed by atoms with van der Waals surface area (Å²) < 4.78 is 11.3. The molecule has 1 aromatic carbocycles. The van der Waals surface area contributed by atoms with Gasteiger partial charge in [0, 0.05) is 6.04 Å². The van der Waals surface area contributed by atoms with Crippen molar-refractivity contribution >= 4 is 12.1 Å². The van der Waals surface area contributed by atoms with Crippen molar-refractivity contribution in [2.24, 2.45) is 11.3 Å². The van der Waals surface area contributed by atoms with Crippen LogP contribution in [0.2, 0.25) is 0 Å². The molecule has 1 unspecified atom stereocenters. The fourth-order valence-electron chi connectivity index (χ4n) is 5.47. The molecule has 0 aromatic heterocycles. The third-order valence-electron chi connectivity index (χ3n) is 7.41. The van der Waals surface area contributed by atoms with Crippen LogP contribution in [0.4, 0.5) is 4.79 Å². The molecule has 2 aliphatic carbocycles. The molecular formula is C29H45NO4. The SMILES string of the molecule is CCCCOC(=O)c1ccc2c(c1)CCC2N(C(=O)OC(C)(C)C)[C@H]1CC[C@H](C(C)(C)C)CC1. The van der Waals surface area contributed by atoms with Crippen LogP contribution in [-0.4, -0.2) is 35.2 Å². The molecule has 0 saturated heterocycles. The van der Waals surface area contributed by atoms with E-state index in [1.807, 2.05) is 43.9 Å². The van der Waals surface area contributed by atoms with Crippen LogP contribution in [-0.2, 0) is 15.9 Å². The fraction of sp³-hybridized carbons (Fsp3) is 0.724. The molecule has 34 heavy (non-hydrogen) atoms. The number of hydrogen-bond acceptors (Lipinski definition) is 4. The van der Waals surface area contributed by atoms with E-state index >= 15 is 0 Å². The first-order valence-corrected chi connectivity index (χ1v) is 13.2. The van der Waals surface area contributed by atoms with Crippen LogP contribution >= 0.6 is 0 Å². The largest absolute Gasteiger partial charge is 0.462 e. The lowest BCUT2D eigenvalue weighted by Gasteiger charge is -2.43. The minimum Gasteiger partial charge on any atom is -0.462 e. The highest BCUT2D eigenvalue weighted by Gasteiger charge is 2.41. The second kappa shape index (κ2) is 10.7. The standard InChI is InChI=1S/C29H45NO4/c1-8-9-18-33-26(31)21-10-16-24-20(19-21)11-17-25(24)30(27(32)34-29(5,6)7)23-14-12-22(13-15-23)28(2,3)4/h10,16,19,22-23,25H,8-9,11-15,17-18H2,1-7H3/t22-,23-,25?. The van der Waals surface area contributed by atoms with Crippen LogP contribution in [0.25, 0.3) is 0 Å². The van der Waals surface area contributed by atoms with Gasteiger partial charge in [0.05, 0.1) is 18.2 Å². The maximum absolute atomic E-state index is 13.5. The first-order chi connectivity index (χ1) is 15.9. The summed E-state index contributed by atoms with van der Waals surface area (Å²) in [6.45, 7) is 15.3. The molecule has 0 radical (unpaired) electrons. The Balaban J connectivity index is 1.81. The van der Waals surface area contributed by atoms with E-state index in [0.717, 1.165) is 62.5 Å². The predicted octanol–water partition coefficient (Wildman–Crippen LogP) is 7.47. The molecule has 1 atom stereocenters. The molecule has 1 aromatic rings. The summed E-state index contributed by atoms with van der Waals surface area (Å²) in [5.41, 5.74) is 2.65. The molecule has 5 heteroatoms. The van der Waals surface area contributed by atoms with E-state index in [1.165, 1.54) is 0 Å². The zero-order valence-electron chi connectivity index (χ0n) is 22.4. The Kier molecular flexibility index (Phi) is 8.36. The molecule has 1 fully saturated rings. The Morgan fingerprint density at radius 2 is 1.68 bits per heavy atom. The second-order valence-electron chi connectivity index (χ2n) is 12.2. The Morgan fingerprint density at radius 1 is 1.00 bits per heavy atom. The molecule has 190 valence electrons. The van der Waals surface area contributed by atoms with E-state index in [9.17, 15) is 9.59 Å². The Labute approximate surface area is 206 Å². The topological polar surface area (TPSA) is 55.8 Å². The fourth-order valence-corrected chi connectivity index (χ4v) is 5.47. The van der Waals surface area contributed by atoms with E-state index in [-0.39, 0.29) is 24.1 Å². The van der Waals surface area contributed by atoms with Crippen LogP contribution in [0.15, 0.2) is 18.2 Å². The van der Waals surface area contributed by atoms with Gasteiger partial charge in [-0.25, -0.2) is 9.59 Å². The first kappa shape index (κ1) is 26.6. The Bertz CT molecular complexity index is 856. The zero-order chi connectivity index (χ0) is 25.1. The zero-order valence-corrected chi connectivity index (χ0v) is 22.4. The highest BCUT2D eigenvalue weighted by molar-refractivity contribution is 5.89. The van der Waals surface area contributed by atoms with Gasteiger partial charge in [-0.1, -0.05) is 40.2 Å². The van der Waals surface area contributed by atoms with E-state index in [4.69, 9.17) is 9.47 Å². The summed E-state index contributed by atoms with van der Waals surface area (Å²) in [4.78, 5) is 28.0. The van der Waals surface area contributed by atoms with Gasteiger partial charge in [0.1, 0.15) is 5.60 Å². The van der Waals surface area contributed by atoms with Gasteiger partial charge in [-0.05, 0) is 100 Å². The van der Waals surface area contributed by atoms with Crippen molar-refractivity contribution in [2.75, 3.05) is 6.61 Å². The minimum atomic E-state index is -0.536. The van der Waals surface area contributed by atoms with E-state index in [1.54, 1.807) is 0 Å². The van der Waals surface area contributed by atoms with Crippen LogP contribution in [0.3, 0.4) is 0 Å². The van der Waals surface area contributed by atoms with Crippen molar-refractivity contribution in [3.8, 4) is 0 Å². The van der Waals surface area contributed by atoms with Gasteiger partial charge in [-0.3, -0.25) is 4.90 Å². The lowest BCUT2D eigenvalue weighted by atomic mass is 9.71. The van der Waals surface area contributed by atoms with Crippen molar-refractivity contribution in [3.05, 3.63) is 34.9 Å². The average molecular weight is 472 g/mol. The molecule has 0 bridgehead atoms. The van der Waals surface area contributed by atoms with Gasteiger partial charge in [0.15, 0.2) is 0 Å². The predicted molar refractivity (Wildman–Crippen MR) is 136 cm³/mol. The maximum Gasteiger partial charge on any atom is 0.411 e. The lowest BCUT2D eigenvalue weighted by Crippen LogP contribution is -2.47. The van der Waals surface area contributed by atoms with Gasteiger partial charge < -0.3 is 9.47 Å². The molecule has 1 saturated carbocycles. The summed E-state index contributed by atoms with van der Waals surface area (Å²) in [6.07, 6.45) is 7.66. The van der Waals surface area contributed by atoms with Gasteiger partial charge in [-0.15, -0.1) is 0 Å². The second-order valence-corrected chi connectivity index (χ2v) is 12.2. The molecule has 3 rings (SSSR count). The van der Waals surface area contributed by atoms with Gasteiger partial charge >= 0.3 is 12.1 Å². The first-order valence-electron chi connectivity index (χ1n) is 13.2. The number of benzene rings is 1. The number of unbranched alkanes of at least 4 members (excludes halogenated alkanes) is 1. The normalized spacial score (nSPS) is 22.7. The monoisotopic (exact) mass is 471 g/mol. The smallest absolute Gasteiger partial charge is 0.411 e. The number of fused-ring (bicyclic) bond motifs is 1. The molecule has 1 amide bonds. The molecular weight excluding hydrogens is 426 g/mol. The molecule has 5 nitrogen and oxygen atoms in total. The van der Waals surface area contributed by atoms with E-state index in [2.05, 4.69) is 27.7 Å². The highest BCUT2D eigenvalue weighted by Crippen LogP contribution is 2.44. The number of rotatable bonds is 6. The van der Waals surface area contributed by atoms with Crippen molar-refractivity contribution < 1.29 is 19.1 Å². The number of ether oxygens (including phenoxy) is 2. The van der Waals surface area contributed by atoms with Crippen molar-refractivity contribution in [1.29, 1.82) is 0 Å². The number of carbonyl (C=O) groups is 2. The molecule has 2 aliphatic rings. The van der Waals surface area contributed by atoms with Crippen LogP contribution in [0, 0.1) is 11.3 Å². The highest BCUT2D eigenvalue weighted by atomic mass is 16.6. The summed E-state index contributed by atoms with van der Waals surface area (Å²) >= 11 is 0. The third-order valence-corrected chi connectivity index (χ3v) is 7.41. The maximum atomic E-state index is 13.5. The van der Waals surface area contributed by atoms with Gasteiger partial charge in [-0.2, -0.15) is 0 Å². The molecule has 0 heterocycles. The number of aryl methyl sites for hydroxylation is 1. The molecule has 0 N–H and O–H groups in total. The molecule has 0 aliphatic heterocycles. The van der Waals surface area contributed by atoms with Crippen LogP contribution in [0.1, 0.15) is 121 Å². The number of hydrogen-bond donors (Lipinski definition) is 0. The summed E-state index contributed by atoms with van der Waals surface area (Å²) in [5, 5.41) is 0. The van der Waals surface area contributed by atoms with Crippen LogP contribution in [0.5, 0.6) is 0 Å². The lowest BCUT2D eigenvalue weighted by molar-refractivity contribution is -0.00571. The third kappa shape index (κ3) is 6.55.